The van der Waals surface area contributed by atoms with Gasteiger partial charge in [0.05, 0.1) is 4.88 Å². The summed E-state index contributed by atoms with van der Waals surface area (Å²) in [5, 5.41) is 22.8. The Hall–Kier alpha value is -2.74. The van der Waals surface area contributed by atoms with E-state index < -0.39 is 40.6 Å². The third-order valence-electron chi connectivity index (χ3n) is 5.46. The number of anilines is 1. The lowest BCUT2D eigenvalue weighted by atomic mass is 9.98. The number of benzene rings is 1. The predicted molar refractivity (Wildman–Crippen MR) is 111 cm³/mol. The smallest absolute Gasteiger partial charge is 0.452 e. The highest BCUT2D eigenvalue weighted by Gasteiger charge is 2.66. The van der Waals surface area contributed by atoms with Crippen molar-refractivity contribution in [3.63, 3.8) is 0 Å². The second kappa shape index (κ2) is 8.56. The van der Waals surface area contributed by atoms with Crippen molar-refractivity contribution in [2.45, 2.75) is 30.5 Å². The molecular weight excluding hydrogens is 485 g/mol. The Kier molecular flexibility index (Phi) is 6.07. The zero-order valence-electron chi connectivity index (χ0n) is 16.6. The molecule has 0 bridgehead atoms. The summed E-state index contributed by atoms with van der Waals surface area (Å²) in [6.07, 6.45) is -4.46. The number of aliphatic hydroxyl groups excluding tert-OH is 1. The van der Waals surface area contributed by atoms with Crippen LogP contribution in [0.15, 0.2) is 47.0 Å². The average Bonchev–Trinajstić information content (AvgIpc) is 3.08. The van der Waals surface area contributed by atoms with Crippen LogP contribution in [0.3, 0.4) is 0 Å². The molecule has 1 aromatic carbocycles. The molecule has 1 aliphatic carbocycles. The molecule has 1 saturated carbocycles. The fourth-order valence-corrected chi connectivity index (χ4v) is 5.88. The maximum absolute atomic E-state index is 12.8. The highest BCUT2D eigenvalue weighted by atomic mass is 32.2. The first-order valence-corrected chi connectivity index (χ1v) is 11.4. The van der Waals surface area contributed by atoms with E-state index in [1.165, 1.54) is 12.1 Å². The number of aliphatic carboxylic acids is 1. The Morgan fingerprint density at radius 3 is 2.67 bits per heavy atom. The van der Waals surface area contributed by atoms with E-state index in [0.717, 1.165) is 15.6 Å². The van der Waals surface area contributed by atoms with Crippen molar-refractivity contribution in [3.8, 4) is 10.6 Å². The molecule has 0 spiro atoms. The van der Waals surface area contributed by atoms with Crippen molar-refractivity contribution in [1.29, 1.82) is 0 Å². The minimum atomic E-state index is -4.73. The number of carbonyl (C=O) groups is 1. The first-order valence-electron chi connectivity index (χ1n) is 9.55. The number of aromatic nitrogens is 1. The molecule has 4 rings (SSSR count). The second-order valence-corrected chi connectivity index (χ2v) is 9.24. The van der Waals surface area contributed by atoms with Crippen molar-refractivity contribution in [2.75, 3.05) is 10.9 Å². The number of nitrogens with zero attached hydrogens (tertiary/aromatic N) is 2. The van der Waals surface area contributed by atoms with E-state index in [-0.39, 0.29) is 35.0 Å². The van der Waals surface area contributed by atoms with Crippen LogP contribution in [-0.2, 0) is 28.7 Å². The number of halogens is 3. The van der Waals surface area contributed by atoms with Gasteiger partial charge in [-0.15, -0.1) is 11.3 Å². The Morgan fingerprint density at radius 1 is 1.33 bits per heavy atom. The molecule has 2 heterocycles. The molecule has 3 aromatic rings. The number of carboxylic acid groups (broad SMARTS) is 1. The van der Waals surface area contributed by atoms with Crippen LogP contribution in [0.25, 0.3) is 10.6 Å². The van der Waals surface area contributed by atoms with Gasteiger partial charge in [0, 0.05) is 29.9 Å². The Labute approximate surface area is 191 Å². The van der Waals surface area contributed by atoms with Crippen LogP contribution in [0.4, 0.5) is 18.2 Å². The van der Waals surface area contributed by atoms with Crippen LogP contribution in [0.1, 0.15) is 29.2 Å². The molecule has 176 valence electrons. The molecule has 0 amide bonds. The Morgan fingerprint density at radius 2 is 2.06 bits per heavy atom. The first kappa shape index (κ1) is 23.4. The van der Waals surface area contributed by atoms with E-state index in [0.29, 0.717) is 17.2 Å². The fourth-order valence-electron chi connectivity index (χ4n) is 3.89. The van der Waals surface area contributed by atoms with Gasteiger partial charge >= 0.3 is 12.1 Å². The van der Waals surface area contributed by atoms with E-state index in [1.54, 1.807) is 24.3 Å². The van der Waals surface area contributed by atoms with E-state index in [9.17, 15) is 36.9 Å². The topological polar surface area (TPSA) is 127 Å². The number of hydrogen-bond acceptors (Lipinski definition) is 7. The number of hydrogen-bond donors (Lipinski definition) is 2. The van der Waals surface area contributed by atoms with Gasteiger partial charge in [0.25, 0.3) is 0 Å². The molecule has 13 heteroatoms. The Bertz CT molecular complexity index is 1210. The molecule has 0 aliphatic heterocycles. The molecule has 0 saturated heterocycles. The van der Waals surface area contributed by atoms with Gasteiger partial charge in [-0.25, -0.2) is 4.79 Å². The number of alkyl halides is 3. The summed E-state index contributed by atoms with van der Waals surface area (Å²) < 4.78 is 67.9. The van der Waals surface area contributed by atoms with Crippen molar-refractivity contribution < 1.29 is 41.5 Å². The zero-order chi connectivity index (χ0) is 24.0. The number of aliphatic hydroxyl groups is 1. The minimum absolute atomic E-state index is 0.00578. The maximum Gasteiger partial charge on any atom is 0.452 e. The highest BCUT2D eigenvalue weighted by molar-refractivity contribution is 7.81. The van der Waals surface area contributed by atoms with Gasteiger partial charge in [-0.05, 0) is 36.1 Å². The van der Waals surface area contributed by atoms with Crippen LogP contribution < -0.4 is 4.31 Å². The normalized spacial score (nSPS) is 21.1. The highest BCUT2D eigenvalue weighted by Crippen LogP contribution is 2.59. The van der Waals surface area contributed by atoms with Crippen LogP contribution in [0.5, 0.6) is 0 Å². The summed E-state index contributed by atoms with van der Waals surface area (Å²) in [6.45, 7) is -0.160. The summed E-state index contributed by atoms with van der Waals surface area (Å²) in [4.78, 5) is 12.5. The van der Waals surface area contributed by atoms with Crippen molar-refractivity contribution >= 4 is 33.6 Å². The number of thiophene rings is 1. The summed E-state index contributed by atoms with van der Waals surface area (Å²) in [7, 11) is 0. The van der Waals surface area contributed by atoms with Gasteiger partial charge in [-0.2, -0.15) is 13.2 Å². The van der Waals surface area contributed by atoms with Crippen LogP contribution >= 0.6 is 11.3 Å². The lowest BCUT2D eigenvalue weighted by Crippen LogP contribution is -2.46. The van der Waals surface area contributed by atoms with Crippen molar-refractivity contribution in [3.05, 3.63) is 59.4 Å². The average molecular weight is 501 g/mol. The molecule has 2 aromatic heterocycles. The first-order chi connectivity index (χ1) is 15.6. The zero-order valence-corrected chi connectivity index (χ0v) is 18.2. The van der Waals surface area contributed by atoms with Crippen LogP contribution in [0.2, 0.25) is 0 Å². The third-order valence-corrected chi connectivity index (χ3v) is 7.49. The standard InChI is InChI=1S/C20H17F3N2O6S2/c21-20(22,23)16-9-14(24-31-16)15-5-6-17(32-15)25(33(29)30)19(18(27)28)10-13(19)12-4-2-1-3-11(12)7-8-26/h1-6,9,13,26H,7-8,10H2,(H,27,28)(H,29,30)/p-1. The molecule has 0 radical (unpaired) electrons. The van der Waals surface area contributed by atoms with Gasteiger partial charge < -0.3 is 19.3 Å². The fraction of sp³-hybridized carbons (Fsp3) is 0.300. The molecular formula is C20H16F3N2O6S2-. The summed E-state index contributed by atoms with van der Waals surface area (Å²) in [5.41, 5.74) is -0.632. The molecule has 3 unspecified atom stereocenters. The van der Waals surface area contributed by atoms with Gasteiger partial charge in [-0.3, -0.25) is 8.51 Å². The largest absolute Gasteiger partial charge is 0.755 e. The molecule has 3 atom stereocenters. The van der Waals surface area contributed by atoms with Gasteiger partial charge in [0.15, 0.2) is 5.54 Å². The number of rotatable bonds is 8. The van der Waals surface area contributed by atoms with Crippen LogP contribution in [0, 0.1) is 0 Å². The third kappa shape index (κ3) is 4.16. The quantitative estimate of drug-likeness (QED) is 0.452. The van der Waals surface area contributed by atoms with Gasteiger partial charge in [0.2, 0.25) is 5.76 Å². The Balaban J connectivity index is 1.71. The van der Waals surface area contributed by atoms with Gasteiger partial charge in [0.1, 0.15) is 10.7 Å². The van der Waals surface area contributed by atoms with E-state index >= 15 is 0 Å². The maximum atomic E-state index is 12.8. The van der Waals surface area contributed by atoms with Crippen molar-refractivity contribution in [2.24, 2.45) is 0 Å². The monoisotopic (exact) mass is 501 g/mol. The second-order valence-electron chi connectivity index (χ2n) is 7.38. The molecule has 8 nitrogen and oxygen atoms in total. The van der Waals surface area contributed by atoms with E-state index in [4.69, 9.17) is 0 Å². The minimum Gasteiger partial charge on any atom is -0.755 e. The van der Waals surface area contributed by atoms with E-state index in [1.807, 2.05) is 0 Å². The SMILES string of the molecule is O=C(O)C1(N(c2ccc(-c3cc(C(F)(F)F)on3)s2)S(=O)[O-])CC1c1ccccc1CCO. The molecule has 33 heavy (non-hydrogen) atoms. The van der Waals surface area contributed by atoms with Gasteiger partial charge in [-0.1, -0.05) is 29.4 Å². The molecule has 2 N–H and O–H groups in total. The lowest BCUT2D eigenvalue weighted by molar-refractivity contribution is -0.155. The van der Waals surface area contributed by atoms with Crippen molar-refractivity contribution in [1.82, 2.24) is 5.16 Å². The summed E-state index contributed by atoms with van der Waals surface area (Å²) in [5.74, 6) is -3.34. The number of carboxylic acids is 1. The summed E-state index contributed by atoms with van der Waals surface area (Å²) in [6, 6.07) is 10.2. The molecule has 1 fully saturated rings. The summed E-state index contributed by atoms with van der Waals surface area (Å²) >= 11 is -2.22. The molecule has 1 aliphatic rings. The lowest BCUT2D eigenvalue weighted by Gasteiger charge is -2.32. The van der Waals surface area contributed by atoms with Crippen LogP contribution in [-0.4, -0.2) is 42.2 Å². The van der Waals surface area contributed by atoms with E-state index in [2.05, 4.69) is 9.68 Å². The predicted octanol–water partition coefficient (Wildman–Crippen LogP) is 3.57.